The van der Waals surface area contributed by atoms with Gasteiger partial charge in [-0.25, -0.2) is 0 Å². The third kappa shape index (κ3) is 4.02. The summed E-state index contributed by atoms with van der Waals surface area (Å²) in [6.07, 6.45) is 0. The second-order valence-electron chi connectivity index (χ2n) is 4.65. The van der Waals surface area contributed by atoms with Crippen LogP contribution in [-0.4, -0.2) is 24.4 Å². The van der Waals surface area contributed by atoms with Crippen LogP contribution in [0.2, 0.25) is 0 Å². The van der Waals surface area contributed by atoms with E-state index in [1.165, 1.54) is 0 Å². The molecule has 1 aromatic carbocycles. The molecule has 1 unspecified atom stereocenters. The molecule has 1 rings (SSSR count). The van der Waals surface area contributed by atoms with E-state index in [0.29, 0.717) is 18.0 Å². The van der Waals surface area contributed by atoms with Gasteiger partial charge in [0.2, 0.25) is 0 Å². The lowest BCUT2D eigenvalue weighted by molar-refractivity contribution is 0.0952. The van der Waals surface area contributed by atoms with Crippen LogP contribution in [0.15, 0.2) is 18.2 Å². The van der Waals surface area contributed by atoms with Crippen molar-refractivity contribution in [3.05, 3.63) is 29.3 Å². The van der Waals surface area contributed by atoms with Gasteiger partial charge in [0.25, 0.3) is 5.91 Å². The average molecular weight is 314 g/mol. The number of amides is 1. The summed E-state index contributed by atoms with van der Waals surface area (Å²) in [5, 5.41) is 2.91. The fraction of sp³-hybridized carbons (Fsp3) is 0.500. The molecule has 0 aromatic heterocycles. The van der Waals surface area contributed by atoms with E-state index in [1.54, 1.807) is 13.2 Å². The lowest BCUT2D eigenvalue weighted by Crippen LogP contribution is -2.31. The van der Waals surface area contributed by atoms with Crippen molar-refractivity contribution in [1.82, 2.24) is 5.32 Å². The van der Waals surface area contributed by atoms with Gasteiger partial charge in [-0.1, -0.05) is 35.8 Å². The molecule has 0 bridgehead atoms. The first-order valence-corrected chi connectivity index (χ1v) is 6.94. The summed E-state index contributed by atoms with van der Waals surface area (Å²) < 4.78 is 5.21. The Morgan fingerprint density at radius 3 is 2.67 bits per heavy atom. The lowest BCUT2D eigenvalue weighted by atomic mass is 10.1. The number of carbonyl (C=O) groups excluding carboxylic acids is 1. The van der Waals surface area contributed by atoms with E-state index in [1.807, 2.05) is 19.1 Å². The van der Waals surface area contributed by atoms with Crippen LogP contribution in [0.3, 0.4) is 0 Å². The van der Waals surface area contributed by atoms with Crippen LogP contribution in [0, 0.1) is 12.8 Å². The fourth-order valence-corrected chi connectivity index (χ4v) is 1.65. The Hall–Kier alpha value is -1.03. The first-order valence-electron chi connectivity index (χ1n) is 6.02. The van der Waals surface area contributed by atoms with Crippen LogP contribution in [0.4, 0.5) is 0 Å². The molecule has 18 heavy (non-hydrogen) atoms. The van der Waals surface area contributed by atoms with Crippen LogP contribution < -0.4 is 10.1 Å². The standard InChI is InChI=1S/C14H20BrNO2/c1-9(2)12(15)8-16-14(17)11-6-5-10(3)13(7-11)18-4/h5-7,9,12H,8H2,1-4H3,(H,16,17). The first kappa shape index (κ1) is 15.0. The third-order valence-electron chi connectivity index (χ3n) is 2.85. The molecule has 0 aliphatic rings. The number of ether oxygens (including phenoxy) is 1. The fourth-order valence-electron chi connectivity index (χ4n) is 1.49. The maximum atomic E-state index is 12.0. The topological polar surface area (TPSA) is 38.3 Å². The molecule has 3 nitrogen and oxygen atoms in total. The van der Waals surface area contributed by atoms with E-state index in [0.717, 1.165) is 11.3 Å². The number of hydrogen-bond acceptors (Lipinski definition) is 2. The number of aryl methyl sites for hydroxylation is 1. The van der Waals surface area contributed by atoms with Crippen molar-refractivity contribution in [2.45, 2.75) is 25.6 Å². The molecule has 0 saturated carbocycles. The highest BCUT2D eigenvalue weighted by atomic mass is 79.9. The van der Waals surface area contributed by atoms with E-state index in [2.05, 4.69) is 35.1 Å². The normalized spacial score (nSPS) is 12.3. The van der Waals surface area contributed by atoms with E-state index >= 15 is 0 Å². The van der Waals surface area contributed by atoms with E-state index < -0.39 is 0 Å². The zero-order valence-corrected chi connectivity index (χ0v) is 12.9. The van der Waals surface area contributed by atoms with Gasteiger partial charge in [0.1, 0.15) is 5.75 Å². The highest BCUT2D eigenvalue weighted by Crippen LogP contribution is 2.19. The van der Waals surface area contributed by atoms with Gasteiger partial charge in [-0.2, -0.15) is 0 Å². The highest BCUT2D eigenvalue weighted by Gasteiger charge is 2.12. The molecular weight excluding hydrogens is 294 g/mol. The number of methoxy groups -OCH3 is 1. The van der Waals surface area contributed by atoms with Crippen LogP contribution in [-0.2, 0) is 0 Å². The van der Waals surface area contributed by atoms with Crippen molar-refractivity contribution < 1.29 is 9.53 Å². The van der Waals surface area contributed by atoms with Crippen molar-refractivity contribution >= 4 is 21.8 Å². The molecule has 0 spiro atoms. The Kier molecular flexibility index (Phi) is 5.66. The summed E-state index contributed by atoms with van der Waals surface area (Å²) >= 11 is 3.54. The average Bonchev–Trinajstić information content (AvgIpc) is 2.35. The first-order chi connectivity index (χ1) is 8.45. The molecule has 0 heterocycles. The van der Waals surface area contributed by atoms with Gasteiger partial charge in [-0.05, 0) is 30.5 Å². The Bertz CT molecular complexity index is 418. The van der Waals surface area contributed by atoms with Crippen molar-refractivity contribution in [2.24, 2.45) is 5.92 Å². The van der Waals surface area contributed by atoms with Crippen LogP contribution in [0.25, 0.3) is 0 Å². The van der Waals surface area contributed by atoms with Crippen molar-refractivity contribution in [3.8, 4) is 5.75 Å². The van der Waals surface area contributed by atoms with Gasteiger partial charge >= 0.3 is 0 Å². The number of nitrogens with one attached hydrogen (secondary N) is 1. The number of halogens is 1. The quantitative estimate of drug-likeness (QED) is 0.848. The zero-order valence-electron chi connectivity index (χ0n) is 11.3. The summed E-state index contributed by atoms with van der Waals surface area (Å²) in [6.45, 7) is 6.79. The number of hydrogen-bond donors (Lipinski definition) is 1. The third-order valence-corrected chi connectivity index (χ3v) is 4.23. The molecule has 1 aromatic rings. The molecule has 0 aliphatic heterocycles. The monoisotopic (exact) mass is 313 g/mol. The van der Waals surface area contributed by atoms with Crippen molar-refractivity contribution in [2.75, 3.05) is 13.7 Å². The SMILES string of the molecule is COc1cc(C(=O)NCC(Br)C(C)C)ccc1C. The van der Waals surface area contributed by atoms with Gasteiger partial charge in [-0.15, -0.1) is 0 Å². The molecule has 0 aliphatic carbocycles. The number of carbonyl (C=O) groups is 1. The summed E-state index contributed by atoms with van der Waals surface area (Å²) in [4.78, 5) is 12.2. The molecule has 4 heteroatoms. The second kappa shape index (κ2) is 6.78. The van der Waals surface area contributed by atoms with Gasteiger partial charge in [0.05, 0.1) is 7.11 Å². The van der Waals surface area contributed by atoms with E-state index in [-0.39, 0.29) is 10.7 Å². The molecule has 100 valence electrons. The minimum absolute atomic E-state index is 0.0709. The van der Waals surface area contributed by atoms with Gasteiger partial charge in [-0.3, -0.25) is 4.79 Å². The van der Waals surface area contributed by atoms with Crippen molar-refractivity contribution in [3.63, 3.8) is 0 Å². The predicted octanol–water partition coefficient (Wildman–Crippen LogP) is 3.15. The lowest BCUT2D eigenvalue weighted by Gasteiger charge is -2.15. The van der Waals surface area contributed by atoms with E-state index in [9.17, 15) is 4.79 Å². The number of benzene rings is 1. The van der Waals surface area contributed by atoms with Gasteiger partial charge in [0.15, 0.2) is 0 Å². The molecule has 1 atom stereocenters. The van der Waals surface area contributed by atoms with Crippen LogP contribution in [0.1, 0.15) is 29.8 Å². The summed E-state index contributed by atoms with van der Waals surface area (Å²) in [6, 6.07) is 5.47. The van der Waals surface area contributed by atoms with Crippen LogP contribution >= 0.6 is 15.9 Å². The zero-order chi connectivity index (χ0) is 13.7. The summed E-state index contributed by atoms with van der Waals surface area (Å²) in [5.41, 5.74) is 1.65. The smallest absolute Gasteiger partial charge is 0.251 e. The molecule has 0 saturated heterocycles. The summed E-state index contributed by atoms with van der Waals surface area (Å²) in [7, 11) is 1.61. The molecule has 1 amide bonds. The Balaban J connectivity index is 2.67. The van der Waals surface area contributed by atoms with Crippen LogP contribution in [0.5, 0.6) is 5.75 Å². The van der Waals surface area contributed by atoms with E-state index in [4.69, 9.17) is 4.74 Å². The Morgan fingerprint density at radius 2 is 2.11 bits per heavy atom. The molecular formula is C14H20BrNO2. The minimum atomic E-state index is -0.0709. The number of alkyl halides is 1. The van der Waals surface area contributed by atoms with Gasteiger partial charge in [0, 0.05) is 16.9 Å². The Morgan fingerprint density at radius 1 is 1.44 bits per heavy atom. The predicted molar refractivity (Wildman–Crippen MR) is 77.6 cm³/mol. The summed E-state index contributed by atoms with van der Waals surface area (Å²) in [5.74, 6) is 1.15. The largest absolute Gasteiger partial charge is 0.496 e. The Labute approximate surface area is 117 Å². The highest BCUT2D eigenvalue weighted by molar-refractivity contribution is 9.09. The number of rotatable bonds is 5. The molecule has 0 fully saturated rings. The van der Waals surface area contributed by atoms with Gasteiger partial charge < -0.3 is 10.1 Å². The maximum absolute atomic E-state index is 12.0. The maximum Gasteiger partial charge on any atom is 0.251 e. The second-order valence-corrected chi connectivity index (χ2v) is 5.83. The molecule has 1 N–H and O–H groups in total. The van der Waals surface area contributed by atoms with Crippen molar-refractivity contribution in [1.29, 1.82) is 0 Å². The minimum Gasteiger partial charge on any atom is -0.496 e. The molecule has 0 radical (unpaired) electrons.